The van der Waals surface area contributed by atoms with Crippen LogP contribution in [0.4, 0.5) is 0 Å². The van der Waals surface area contributed by atoms with Gasteiger partial charge in [0, 0.05) is 0 Å². The fourth-order valence-electron chi connectivity index (χ4n) is 10.2. The van der Waals surface area contributed by atoms with Crippen LogP contribution in [0.2, 0.25) is 0 Å². The van der Waals surface area contributed by atoms with E-state index in [9.17, 15) is 0 Å². The van der Waals surface area contributed by atoms with Gasteiger partial charge in [0.1, 0.15) is 69.5 Å². The maximum atomic E-state index is 2.60. The van der Waals surface area contributed by atoms with Gasteiger partial charge in [-0.15, -0.1) is 0 Å². The molecule has 0 saturated carbocycles. The zero-order valence-corrected chi connectivity index (χ0v) is 39.9. The standard InChI is InChI=1S/C63H54P3/c1-10-28-55(29-11-1)64(56-30-12-2-13-31-56,57-32-14-3-15-33-57)49-52-46-53(50-65(58-34-16-4-17-35-58,59-36-18-5-19-37-59)60-38-20-6-21-39-60)48-54(47-52)51-66(61-40-22-7-23-41-61,62-42-24-8-25-43-62)63-44-26-9-27-45-63/h1-48H,49-51H2/q+3. The highest BCUT2D eigenvalue weighted by Gasteiger charge is 2.49. The Hall–Kier alpha value is -6.51. The van der Waals surface area contributed by atoms with Gasteiger partial charge in [0.25, 0.3) is 0 Å². The fraction of sp³-hybridized carbons (Fsp3) is 0.0476. The Morgan fingerprint density at radius 2 is 0.288 bits per heavy atom. The average Bonchev–Trinajstić information content (AvgIpc) is 3.41. The third kappa shape index (κ3) is 8.55. The monoisotopic (exact) mass is 903 g/mol. The molecule has 0 aliphatic carbocycles. The van der Waals surface area contributed by atoms with E-state index in [0.717, 1.165) is 18.5 Å². The Balaban J connectivity index is 1.26. The van der Waals surface area contributed by atoms with Crippen molar-refractivity contribution >= 4 is 69.5 Å². The van der Waals surface area contributed by atoms with E-state index in [-0.39, 0.29) is 0 Å². The predicted molar refractivity (Wildman–Crippen MR) is 293 cm³/mol. The molecule has 0 N–H and O–H groups in total. The van der Waals surface area contributed by atoms with Crippen LogP contribution in [-0.2, 0) is 18.5 Å². The molecule has 0 aliphatic rings. The molecule has 0 atom stereocenters. The van der Waals surface area contributed by atoms with E-state index in [4.69, 9.17) is 0 Å². The Labute approximate surface area is 393 Å². The molecule has 0 nitrogen and oxygen atoms in total. The van der Waals surface area contributed by atoms with Gasteiger partial charge in [0.2, 0.25) is 0 Å². The lowest BCUT2D eigenvalue weighted by Crippen LogP contribution is -2.33. The van der Waals surface area contributed by atoms with Crippen LogP contribution in [0.25, 0.3) is 0 Å². The van der Waals surface area contributed by atoms with Crippen LogP contribution in [0.1, 0.15) is 16.7 Å². The molecule has 10 aromatic carbocycles. The summed E-state index contributed by atoms with van der Waals surface area (Å²) in [6.07, 6.45) is 2.69. The minimum absolute atomic E-state index is 0.896. The zero-order valence-electron chi connectivity index (χ0n) is 37.2. The molecular weight excluding hydrogens is 850 g/mol. The van der Waals surface area contributed by atoms with Crippen molar-refractivity contribution in [1.82, 2.24) is 0 Å². The number of benzene rings is 10. The van der Waals surface area contributed by atoms with Crippen LogP contribution in [0.15, 0.2) is 291 Å². The van der Waals surface area contributed by atoms with Crippen LogP contribution >= 0.6 is 21.8 Å². The summed E-state index contributed by atoms with van der Waals surface area (Å²) < 4.78 is 0. The van der Waals surface area contributed by atoms with Crippen molar-refractivity contribution in [3.63, 3.8) is 0 Å². The first kappa shape index (κ1) is 43.4. The molecule has 318 valence electrons. The van der Waals surface area contributed by atoms with Gasteiger partial charge < -0.3 is 0 Å². The summed E-state index contributed by atoms with van der Waals surface area (Å²) in [5.41, 5.74) is 4.14. The Kier molecular flexibility index (Phi) is 13.1. The van der Waals surface area contributed by atoms with Crippen LogP contribution in [0.3, 0.4) is 0 Å². The van der Waals surface area contributed by atoms with Gasteiger partial charge in [-0.05, 0) is 144 Å². The van der Waals surface area contributed by atoms with Crippen LogP contribution < -0.4 is 47.7 Å². The lowest BCUT2D eigenvalue weighted by atomic mass is 10.1. The highest BCUT2D eigenvalue weighted by Crippen LogP contribution is 2.62. The second-order valence-electron chi connectivity index (χ2n) is 17.1. The first-order valence-corrected chi connectivity index (χ1v) is 28.9. The molecule has 3 heteroatoms. The Morgan fingerprint density at radius 1 is 0.167 bits per heavy atom. The SMILES string of the molecule is c1ccc([P+](Cc2cc(C[P+](c3ccccc3)(c3ccccc3)c3ccccc3)cc(C[P+](c3ccccc3)(c3ccccc3)c3ccccc3)c2)(c2ccccc2)c2ccccc2)cc1. The molecule has 0 saturated heterocycles. The summed E-state index contributed by atoms with van der Waals surface area (Å²) in [5, 5.41) is 12.6. The molecule has 0 bridgehead atoms. The quantitative estimate of drug-likeness (QED) is 0.0900. The van der Waals surface area contributed by atoms with Crippen molar-refractivity contribution in [2.24, 2.45) is 0 Å². The Bertz CT molecular complexity index is 2420. The molecule has 0 aliphatic heterocycles. The second-order valence-corrected chi connectivity index (χ2v) is 27.5. The number of rotatable bonds is 15. The van der Waals surface area contributed by atoms with Crippen LogP contribution in [-0.4, -0.2) is 0 Å². The van der Waals surface area contributed by atoms with E-state index in [1.165, 1.54) is 64.4 Å². The van der Waals surface area contributed by atoms with E-state index in [0.29, 0.717) is 0 Å². The number of hydrogen-bond donors (Lipinski definition) is 0. The maximum absolute atomic E-state index is 2.60. The van der Waals surface area contributed by atoms with E-state index < -0.39 is 21.8 Å². The third-order valence-corrected chi connectivity index (χ3v) is 26.3. The minimum atomic E-state index is -2.25. The highest BCUT2D eigenvalue weighted by atomic mass is 31.2. The number of hydrogen-bond acceptors (Lipinski definition) is 0. The van der Waals surface area contributed by atoms with Crippen LogP contribution in [0.5, 0.6) is 0 Å². The van der Waals surface area contributed by atoms with E-state index in [1.54, 1.807) is 0 Å². The predicted octanol–water partition coefficient (Wildman–Crippen LogP) is 12.2. The molecule has 10 aromatic rings. The van der Waals surface area contributed by atoms with Crippen LogP contribution in [0, 0.1) is 0 Å². The molecule has 66 heavy (non-hydrogen) atoms. The molecule has 0 fully saturated rings. The summed E-state index contributed by atoms with van der Waals surface area (Å²) in [6, 6.07) is 110. The largest absolute Gasteiger partial charge is 0.116 e. The van der Waals surface area contributed by atoms with Gasteiger partial charge in [-0.2, -0.15) is 0 Å². The van der Waals surface area contributed by atoms with Crippen molar-refractivity contribution in [3.05, 3.63) is 308 Å². The van der Waals surface area contributed by atoms with Crippen molar-refractivity contribution in [2.45, 2.75) is 18.5 Å². The minimum Gasteiger partial charge on any atom is -0.0620 e. The van der Waals surface area contributed by atoms with Gasteiger partial charge in [-0.25, -0.2) is 0 Å². The molecule has 0 unspecified atom stereocenters. The van der Waals surface area contributed by atoms with E-state index in [2.05, 4.69) is 291 Å². The van der Waals surface area contributed by atoms with Crippen molar-refractivity contribution in [2.75, 3.05) is 0 Å². The van der Waals surface area contributed by atoms with E-state index >= 15 is 0 Å². The van der Waals surface area contributed by atoms with Crippen molar-refractivity contribution in [1.29, 1.82) is 0 Å². The fourth-order valence-corrected chi connectivity index (χ4v) is 22.9. The first-order chi connectivity index (χ1) is 32.7. The maximum Gasteiger partial charge on any atom is 0.116 e. The van der Waals surface area contributed by atoms with E-state index in [1.807, 2.05) is 0 Å². The summed E-state index contributed by atoms with van der Waals surface area (Å²) in [6.45, 7) is 0. The summed E-state index contributed by atoms with van der Waals surface area (Å²) in [5.74, 6) is 0. The molecule has 0 aromatic heterocycles. The average molecular weight is 904 g/mol. The first-order valence-electron chi connectivity index (χ1n) is 23.0. The van der Waals surface area contributed by atoms with Crippen molar-refractivity contribution in [3.8, 4) is 0 Å². The third-order valence-electron chi connectivity index (χ3n) is 13.1. The molecule has 0 spiro atoms. The zero-order chi connectivity index (χ0) is 44.5. The topological polar surface area (TPSA) is 0 Å². The van der Waals surface area contributed by atoms with Gasteiger partial charge >= 0.3 is 0 Å². The van der Waals surface area contributed by atoms with Crippen molar-refractivity contribution < 1.29 is 0 Å². The summed E-state index contributed by atoms with van der Waals surface area (Å²) in [4.78, 5) is 0. The molecule has 10 rings (SSSR count). The van der Waals surface area contributed by atoms with Gasteiger partial charge in [0.15, 0.2) is 0 Å². The molecule has 0 radical (unpaired) electrons. The lowest BCUT2D eigenvalue weighted by molar-refractivity contribution is 1.25. The molecule has 0 amide bonds. The molecule has 0 heterocycles. The highest BCUT2D eigenvalue weighted by molar-refractivity contribution is 7.96. The summed E-state index contributed by atoms with van der Waals surface area (Å²) >= 11 is 0. The molecular formula is C63H54P3+3. The normalized spacial score (nSPS) is 11.8. The van der Waals surface area contributed by atoms with Gasteiger partial charge in [-0.3, -0.25) is 0 Å². The van der Waals surface area contributed by atoms with Gasteiger partial charge in [-0.1, -0.05) is 164 Å². The smallest absolute Gasteiger partial charge is 0.0620 e. The Morgan fingerprint density at radius 3 is 0.409 bits per heavy atom. The lowest BCUT2D eigenvalue weighted by Gasteiger charge is -2.31. The summed E-state index contributed by atoms with van der Waals surface area (Å²) in [7, 11) is -6.74. The van der Waals surface area contributed by atoms with Gasteiger partial charge in [0.05, 0.1) is 18.5 Å². The second kappa shape index (κ2) is 19.9.